The molecule has 0 unspecified atom stereocenters. The third-order valence-corrected chi connectivity index (χ3v) is 4.35. The lowest BCUT2D eigenvalue weighted by molar-refractivity contribution is -0.139. The Bertz CT molecular complexity index is 519. The van der Waals surface area contributed by atoms with Crippen LogP contribution in [0.3, 0.4) is 0 Å². The Balaban J connectivity index is 2.56. The smallest absolute Gasteiger partial charge is 0.321 e. The first kappa shape index (κ1) is 17.3. The SMILES string of the molecule is COc1cccc(NC(=O)CSC(C)(C)[C@H](N)C(=O)O)c1. The third-order valence-electron chi connectivity index (χ3n) is 2.94. The van der Waals surface area contributed by atoms with Crippen molar-refractivity contribution in [2.24, 2.45) is 5.73 Å². The Kier molecular flexibility index (Phi) is 6.04. The lowest BCUT2D eigenvalue weighted by Gasteiger charge is -2.27. The molecule has 116 valence electrons. The molecule has 1 amide bonds. The number of nitrogens with one attached hydrogen (secondary N) is 1. The van der Waals surface area contributed by atoms with E-state index < -0.39 is 16.8 Å². The number of carboxylic acids is 1. The van der Waals surface area contributed by atoms with Gasteiger partial charge in [-0.3, -0.25) is 9.59 Å². The zero-order chi connectivity index (χ0) is 16.0. The molecule has 6 nitrogen and oxygen atoms in total. The summed E-state index contributed by atoms with van der Waals surface area (Å²) in [5.41, 5.74) is 6.23. The summed E-state index contributed by atoms with van der Waals surface area (Å²) in [5, 5.41) is 11.7. The van der Waals surface area contributed by atoms with Crippen LogP contribution in [0.15, 0.2) is 24.3 Å². The average Bonchev–Trinajstić information content (AvgIpc) is 2.44. The van der Waals surface area contributed by atoms with Crippen LogP contribution >= 0.6 is 11.8 Å². The molecule has 1 aromatic carbocycles. The second-order valence-corrected chi connectivity index (χ2v) is 6.62. The van der Waals surface area contributed by atoms with Gasteiger partial charge in [0.2, 0.25) is 5.91 Å². The summed E-state index contributed by atoms with van der Waals surface area (Å²) in [6, 6.07) is 5.97. The van der Waals surface area contributed by atoms with Crippen LogP contribution in [0.5, 0.6) is 5.75 Å². The molecule has 0 aliphatic heterocycles. The second kappa shape index (κ2) is 7.33. The number of anilines is 1. The molecule has 0 aliphatic rings. The lowest BCUT2D eigenvalue weighted by atomic mass is 10.1. The minimum absolute atomic E-state index is 0.116. The standard InChI is InChI=1S/C14H20N2O4S/c1-14(2,12(15)13(18)19)21-8-11(17)16-9-5-4-6-10(7-9)20-3/h4-7,12H,8,15H2,1-3H3,(H,16,17)(H,18,19)/t12-/m1/s1. The molecule has 0 spiro atoms. The molecule has 0 saturated heterocycles. The van der Waals surface area contributed by atoms with Gasteiger partial charge in [-0.15, -0.1) is 11.8 Å². The van der Waals surface area contributed by atoms with Crippen LogP contribution in [0.4, 0.5) is 5.69 Å². The quantitative estimate of drug-likeness (QED) is 0.706. The van der Waals surface area contributed by atoms with Crippen LogP contribution in [0.2, 0.25) is 0 Å². The number of benzene rings is 1. The molecule has 1 atom stereocenters. The summed E-state index contributed by atoms with van der Waals surface area (Å²) in [6.45, 7) is 3.41. The first-order chi connectivity index (χ1) is 9.76. The number of methoxy groups -OCH3 is 1. The van der Waals surface area contributed by atoms with Crippen molar-refractivity contribution < 1.29 is 19.4 Å². The number of ether oxygens (including phenoxy) is 1. The largest absolute Gasteiger partial charge is 0.497 e. The number of carbonyl (C=O) groups is 2. The first-order valence-corrected chi connectivity index (χ1v) is 7.31. The predicted octanol–water partition coefficient (Wildman–Crippen LogP) is 1.56. The molecule has 0 aliphatic carbocycles. The second-order valence-electron chi connectivity index (χ2n) is 4.99. The van der Waals surface area contributed by atoms with Crippen molar-refractivity contribution in [1.82, 2.24) is 0 Å². The van der Waals surface area contributed by atoms with Gasteiger partial charge in [-0.2, -0.15) is 0 Å². The fourth-order valence-electron chi connectivity index (χ4n) is 1.54. The average molecular weight is 312 g/mol. The van der Waals surface area contributed by atoms with Crippen molar-refractivity contribution in [1.29, 1.82) is 0 Å². The maximum Gasteiger partial charge on any atom is 0.321 e. The Morgan fingerprint density at radius 1 is 1.48 bits per heavy atom. The Hall–Kier alpha value is -1.73. The van der Waals surface area contributed by atoms with Crippen LogP contribution < -0.4 is 15.8 Å². The molecule has 0 saturated carbocycles. The number of hydrogen-bond acceptors (Lipinski definition) is 5. The highest BCUT2D eigenvalue weighted by atomic mass is 32.2. The van der Waals surface area contributed by atoms with Gasteiger partial charge in [-0.05, 0) is 26.0 Å². The van der Waals surface area contributed by atoms with E-state index in [-0.39, 0.29) is 11.7 Å². The molecule has 21 heavy (non-hydrogen) atoms. The van der Waals surface area contributed by atoms with Gasteiger partial charge in [0.1, 0.15) is 11.8 Å². The summed E-state index contributed by atoms with van der Waals surface area (Å²) in [7, 11) is 1.55. The minimum atomic E-state index is -1.08. The normalized spacial score (nSPS) is 12.6. The molecule has 1 aromatic rings. The molecule has 0 bridgehead atoms. The van der Waals surface area contributed by atoms with Gasteiger partial charge >= 0.3 is 5.97 Å². The highest BCUT2D eigenvalue weighted by Crippen LogP contribution is 2.27. The molecular weight excluding hydrogens is 292 g/mol. The van der Waals surface area contributed by atoms with Gasteiger partial charge in [-0.25, -0.2) is 0 Å². The van der Waals surface area contributed by atoms with E-state index in [9.17, 15) is 9.59 Å². The van der Waals surface area contributed by atoms with Crippen LogP contribution in [0, 0.1) is 0 Å². The zero-order valence-electron chi connectivity index (χ0n) is 12.3. The van der Waals surface area contributed by atoms with Gasteiger partial charge in [0.25, 0.3) is 0 Å². The van der Waals surface area contributed by atoms with Gasteiger partial charge in [0, 0.05) is 16.5 Å². The molecule has 0 radical (unpaired) electrons. The van der Waals surface area contributed by atoms with E-state index in [1.54, 1.807) is 45.2 Å². The van der Waals surface area contributed by atoms with Crippen molar-refractivity contribution in [2.75, 3.05) is 18.2 Å². The number of aliphatic carboxylic acids is 1. The Morgan fingerprint density at radius 2 is 2.14 bits per heavy atom. The van der Waals surface area contributed by atoms with Gasteiger partial charge in [0.05, 0.1) is 12.9 Å². The third kappa shape index (κ3) is 5.28. The number of carboxylic acid groups (broad SMARTS) is 1. The topological polar surface area (TPSA) is 102 Å². The summed E-state index contributed by atoms with van der Waals surface area (Å²) >= 11 is 1.20. The number of nitrogens with two attached hydrogens (primary N) is 1. The maximum atomic E-state index is 11.9. The summed E-state index contributed by atoms with van der Waals surface area (Å²) in [5.74, 6) is -0.543. The van der Waals surface area contributed by atoms with E-state index in [2.05, 4.69) is 5.32 Å². The highest BCUT2D eigenvalue weighted by molar-refractivity contribution is 8.01. The lowest BCUT2D eigenvalue weighted by Crippen LogP contribution is -2.47. The van der Waals surface area contributed by atoms with E-state index in [4.69, 9.17) is 15.6 Å². The monoisotopic (exact) mass is 312 g/mol. The van der Waals surface area contributed by atoms with Crippen LogP contribution in [-0.2, 0) is 9.59 Å². The molecule has 4 N–H and O–H groups in total. The Labute approximate surface area is 128 Å². The van der Waals surface area contributed by atoms with E-state index in [1.165, 1.54) is 11.8 Å². The molecule has 0 aromatic heterocycles. The fraction of sp³-hybridized carbons (Fsp3) is 0.429. The summed E-state index contributed by atoms with van der Waals surface area (Å²) in [4.78, 5) is 22.8. The summed E-state index contributed by atoms with van der Waals surface area (Å²) in [6.07, 6.45) is 0. The summed E-state index contributed by atoms with van der Waals surface area (Å²) < 4.78 is 4.33. The fourth-order valence-corrected chi connectivity index (χ4v) is 2.39. The molecule has 0 fully saturated rings. The predicted molar refractivity (Wildman–Crippen MR) is 83.8 cm³/mol. The van der Waals surface area contributed by atoms with Crippen LogP contribution in [0.1, 0.15) is 13.8 Å². The number of thioether (sulfide) groups is 1. The van der Waals surface area contributed by atoms with Crippen molar-refractivity contribution in [3.05, 3.63) is 24.3 Å². The van der Waals surface area contributed by atoms with Crippen molar-refractivity contribution in [2.45, 2.75) is 24.6 Å². The zero-order valence-corrected chi connectivity index (χ0v) is 13.1. The van der Waals surface area contributed by atoms with E-state index in [0.717, 1.165) is 0 Å². The number of rotatable bonds is 7. The van der Waals surface area contributed by atoms with Crippen molar-refractivity contribution >= 4 is 29.3 Å². The van der Waals surface area contributed by atoms with E-state index >= 15 is 0 Å². The molecule has 1 rings (SSSR count). The Morgan fingerprint density at radius 3 is 2.71 bits per heavy atom. The van der Waals surface area contributed by atoms with Gasteiger partial charge in [-0.1, -0.05) is 6.07 Å². The van der Waals surface area contributed by atoms with E-state index in [1.807, 2.05) is 0 Å². The van der Waals surface area contributed by atoms with Crippen molar-refractivity contribution in [3.8, 4) is 5.75 Å². The molecule has 0 heterocycles. The number of amides is 1. The molecular formula is C14H20N2O4S. The molecule has 7 heteroatoms. The first-order valence-electron chi connectivity index (χ1n) is 6.32. The number of hydrogen-bond donors (Lipinski definition) is 3. The van der Waals surface area contributed by atoms with Crippen molar-refractivity contribution in [3.63, 3.8) is 0 Å². The number of carbonyl (C=O) groups excluding carboxylic acids is 1. The maximum absolute atomic E-state index is 11.9. The minimum Gasteiger partial charge on any atom is -0.497 e. The highest BCUT2D eigenvalue weighted by Gasteiger charge is 2.33. The van der Waals surface area contributed by atoms with Crippen LogP contribution in [0.25, 0.3) is 0 Å². The van der Waals surface area contributed by atoms with Gasteiger partial charge in [0.15, 0.2) is 0 Å². The van der Waals surface area contributed by atoms with E-state index in [0.29, 0.717) is 11.4 Å². The van der Waals surface area contributed by atoms with Gasteiger partial charge < -0.3 is 20.9 Å². The van der Waals surface area contributed by atoms with Crippen LogP contribution in [-0.4, -0.2) is 40.6 Å².